The smallest absolute Gasteiger partial charge is 0.330 e. The Morgan fingerprint density at radius 1 is 1.39 bits per heavy atom. The lowest BCUT2D eigenvalue weighted by atomic mass is 10.1. The highest BCUT2D eigenvalue weighted by molar-refractivity contribution is 5.06. The molecule has 1 saturated heterocycles. The lowest BCUT2D eigenvalue weighted by Gasteiger charge is -2.17. The molecule has 11 heteroatoms. The van der Waals surface area contributed by atoms with E-state index in [0.717, 1.165) is 4.57 Å². The second-order valence-electron chi connectivity index (χ2n) is 5.11. The molecule has 0 radical (unpaired) electrons. The van der Waals surface area contributed by atoms with Crippen molar-refractivity contribution in [2.75, 3.05) is 13.2 Å². The van der Waals surface area contributed by atoms with Crippen LogP contribution in [0.15, 0.2) is 20.9 Å². The molecule has 1 aromatic rings. The van der Waals surface area contributed by atoms with E-state index in [1.165, 1.54) is 6.20 Å². The number of hydrogen-bond donors (Lipinski definition) is 4. The minimum Gasteiger partial charge on any atom is -0.394 e. The Kier molecular flexibility index (Phi) is 5.53. The van der Waals surface area contributed by atoms with E-state index in [9.17, 15) is 19.8 Å². The molecule has 2 unspecified atom stereocenters. The van der Waals surface area contributed by atoms with Gasteiger partial charge in [0.05, 0.1) is 6.61 Å². The molecule has 0 aromatic carbocycles. The van der Waals surface area contributed by atoms with Gasteiger partial charge < -0.3 is 20.1 Å². The molecule has 2 rings (SSSR count). The van der Waals surface area contributed by atoms with Gasteiger partial charge in [-0.2, -0.15) is 0 Å². The number of aromatic amines is 1. The molecule has 1 aliphatic rings. The molecule has 1 fully saturated rings. The van der Waals surface area contributed by atoms with Gasteiger partial charge in [0.2, 0.25) is 0 Å². The molecule has 4 atom stereocenters. The first-order valence-electron chi connectivity index (χ1n) is 6.97. The maximum Gasteiger partial charge on any atom is 0.330 e. The first-order chi connectivity index (χ1) is 11.0. The van der Waals surface area contributed by atoms with Gasteiger partial charge in [-0.05, 0) is 18.4 Å². The number of rotatable bonds is 6. The highest BCUT2D eigenvalue weighted by atomic mass is 16.6. The van der Waals surface area contributed by atoms with E-state index >= 15 is 0 Å². The summed E-state index contributed by atoms with van der Waals surface area (Å²) in [6, 6.07) is 0. The Hall–Kier alpha value is -2.17. The van der Waals surface area contributed by atoms with Gasteiger partial charge in [-0.1, -0.05) is 5.11 Å². The number of aliphatic hydroxyl groups is 3. The van der Waals surface area contributed by atoms with E-state index in [2.05, 4.69) is 15.0 Å². The molecule has 2 heterocycles. The largest absolute Gasteiger partial charge is 0.394 e. The van der Waals surface area contributed by atoms with Crippen LogP contribution in [0.25, 0.3) is 10.4 Å². The van der Waals surface area contributed by atoms with Crippen molar-refractivity contribution in [3.63, 3.8) is 0 Å². The molecule has 0 amide bonds. The lowest BCUT2D eigenvalue weighted by Crippen LogP contribution is -2.38. The third-order valence-corrected chi connectivity index (χ3v) is 3.60. The molecule has 126 valence electrons. The van der Waals surface area contributed by atoms with Gasteiger partial charge in [0.15, 0.2) is 6.23 Å². The van der Waals surface area contributed by atoms with E-state index in [1.807, 2.05) is 0 Å². The summed E-state index contributed by atoms with van der Waals surface area (Å²) in [5.41, 5.74) is 7.06. The quantitative estimate of drug-likeness (QED) is 0.212. The summed E-state index contributed by atoms with van der Waals surface area (Å²) < 4.78 is 6.23. The van der Waals surface area contributed by atoms with Crippen LogP contribution in [0.1, 0.15) is 18.2 Å². The predicted molar refractivity (Wildman–Crippen MR) is 76.7 cm³/mol. The Morgan fingerprint density at radius 2 is 2.13 bits per heavy atom. The van der Waals surface area contributed by atoms with Crippen molar-refractivity contribution in [2.24, 2.45) is 5.11 Å². The Bertz CT molecular complexity index is 709. The maximum absolute atomic E-state index is 11.9. The van der Waals surface area contributed by atoms with Gasteiger partial charge in [-0.3, -0.25) is 14.3 Å². The zero-order valence-corrected chi connectivity index (χ0v) is 12.1. The number of azide groups is 1. The van der Waals surface area contributed by atoms with Crippen LogP contribution < -0.4 is 11.2 Å². The van der Waals surface area contributed by atoms with Crippen molar-refractivity contribution >= 4 is 0 Å². The van der Waals surface area contributed by atoms with E-state index < -0.39 is 42.4 Å². The number of aryl methyl sites for hydroxylation is 1. The van der Waals surface area contributed by atoms with Crippen molar-refractivity contribution in [3.05, 3.63) is 43.0 Å². The molecule has 0 aliphatic carbocycles. The highest BCUT2D eigenvalue weighted by Crippen LogP contribution is 2.27. The molecule has 0 saturated carbocycles. The topological polar surface area (TPSA) is 174 Å². The Labute approximate surface area is 129 Å². The van der Waals surface area contributed by atoms with Crippen LogP contribution in [0.5, 0.6) is 0 Å². The SMILES string of the molecule is [N-]=[N+]=NCCCc1cn([C@@H]2O[C@H](CO)C(O)C2O)c(=O)[nH]c1=O. The molecule has 1 aromatic heterocycles. The van der Waals surface area contributed by atoms with E-state index in [0.29, 0.717) is 6.42 Å². The highest BCUT2D eigenvalue weighted by Gasteiger charge is 2.43. The average molecular weight is 327 g/mol. The van der Waals surface area contributed by atoms with Crippen LogP contribution >= 0.6 is 0 Å². The number of aromatic nitrogens is 2. The first kappa shape index (κ1) is 17.2. The molecule has 0 spiro atoms. The molecule has 0 bridgehead atoms. The van der Waals surface area contributed by atoms with Crippen LogP contribution in [0.3, 0.4) is 0 Å². The van der Waals surface area contributed by atoms with Crippen molar-refractivity contribution in [1.82, 2.24) is 9.55 Å². The summed E-state index contributed by atoms with van der Waals surface area (Å²) >= 11 is 0. The summed E-state index contributed by atoms with van der Waals surface area (Å²) in [5, 5.41) is 32.1. The number of H-pyrrole nitrogens is 1. The van der Waals surface area contributed by atoms with Crippen molar-refractivity contribution in [1.29, 1.82) is 0 Å². The third-order valence-electron chi connectivity index (χ3n) is 3.60. The minimum atomic E-state index is -1.42. The summed E-state index contributed by atoms with van der Waals surface area (Å²) in [6.07, 6.45) is -3.13. The minimum absolute atomic E-state index is 0.197. The maximum atomic E-state index is 11.9. The fourth-order valence-electron chi connectivity index (χ4n) is 2.39. The second kappa shape index (κ2) is 7.40. The molecule has 4 N–H and O–H groups in total. The summed E-state index contributed by atoms with van der Waals surface area (Å²) in [6.45, 7) is -0.325. The Morgan fingerprint density at radius 3 is 2.74 bits per heavy atom. The fourth-order valence-corrected chi connectivity index (χ4v) is 2.39. The van der Waals surface area contributed by atoms with Crippen LogP contribution in [0.4, 0.5) is 0 Å². The molecule has 11 nitrogen and oxygen atoms in total. The third kappa shape index (κ3) is 3.60. The number of ether oxygens (including phenoxy) is 1. The number of nitrogens with zero attached hydrogens (tertiary/aromatic N) is 4. The molecule has 1 aliphatic heterocycles. The van der Waals surface area contributed by atoms with Gasteiger partial charge in [-0.15, -0.1) is 0 Å². The molecule has 23 heavy (non-hydrogen) atoms. The average Bonchev–Trinajstić information content (AvgIpc) is 2.81. The number of nitrogens with one attached hydrogen (secondary N) is 1. The van der Waals surface area contributed by atoms with Gasteiger partial charge in [-0.25, -0.2) is 4.79 Å². The van der Waals surface area contributed by atoms with Crippen LogP contribution in [-0.2, 0) is 11.2 Å². The van der Waals surface area contributed by atoms with E-state index in [1.54, 1.807) is 0 Å². The predicted octanol–water partition coefficient (Wildman–Crippen LogP) is -1.61. The zero-order valence-electron chi connectivity index (χ0n) is 12.1. The molecular formula is C12H17N5O6. The van der Waals surface area contributed by atoms with E-state index in [4.69, 9.17) is 15.4 Å². The Balaban J connectivity index is 2.27. The van der Waals surface area contributed by atoms with Crippen molar-refractivity contribution in [3.8, 4) is 0 Å². The normalized spacial score (nSPS) is 26.9. The lowest BCUT2D eigenvalue weighted by molar-refractivity contribution is -0.0551. The summed E-state index contributed by atoms with van der Waals surface area (Å²) in [5.74, 6) is 0. The zero-order chi connectivity index (χ0) is 17.0. The van der Waals surface area contributed by atoms with Crippen molar-refractivity contribution < 1.29 is 20.1 Å². The van der Waals surface area contributed by atoms with Crippen LogP contribution in [0.2, 0.25) is 0 Å². The van der Waals surface area contributed by atoms with E-state index in [-0.39, 0.29) is 18.5 Å². The first-order valence-corrected chi connectivity index (χ1v) is 6.97. The van der Waals surface area contributed by atoms with Crippen LogP contribution in [-0.4, -0.2) is 56.3 Å². The monoisotopic (exact) mass is 327 g/mol. The van der Waals surface area contributed by atoms with Gasteiger partial charge >= 0.3 is 5.69 Å². The van der Waals surface area contributed by atoms with Gasteiger partial charge in [0.1, 0.15) is 18.3 Å². The number of aliphatic hydroxyl groups excluding tert-OH is 3. The standard InChI is InChI=1S/C12H17N5O6/c13-16-14-3-1-2-6-4-17(12(22)15-10(6)21)11-9(20)8(19)7(5-18)23-11/h4,7-9,11,18-20H,1-3,5H2,(H,15,21,22)/t7-,8?,9?,11-/m1/s1. The van der Waals surface area contributed by atoms with Crippen LogP contribution in [0, 0.1) is 0 Å². The summed E-state index contributed by atoms with van der Waals surface area (Å²) in [7, 11) is 0. The second-order valence-corrected chi connectivity index (χ2v) is 5.11. The fraction of sp³-hybridized carbons (Fsp3) is 0.667. The number of hydrogen-bond acceptors (Lipinski definition) is 7. The molecular weight excluding hydrogens is 310 g/mol. The van der Waals surface area contributed by atoms with Gasteiger partial charge in [0, 0.05) is 23.2 Å². The summed E-state index contributed by atoms with van der Waals surface area (Å²) in [4.78, 5) is 28.4. The van der Waals surface area contributed by atoms with Crippen molar-refractivity contribution in [2.45, 2.75) is 37.4 Å². The van der Waals surface area contributed by atoms with Gasteiger partial charge in [0.25, 0.3) is 5.56 Å².